The summed E-state index contributed by atoms with van der Waals surface area (Å²) in [5, 5.41) is 0. The van der Waals surface area contributed by atoms with Crippen molar-refractivity contribution in [1.82, 2.24) is 14.5 Å². The van der Waals surface area contributed by atoms with Gasteiger partial charge in [-0.05, 0) is 42.2 Å². The van der Waals surface area contributed by atoms with Crippen molar-refractivity contribution in [3.63, 3.8) is 0 Å². The van der Waals surface area contributed by atoms with Gasteiger partial charge < -0.3 is 14.2 Å². The van der Waals surface area contributed by atoms with E-state index in [1.807, 2.05) is 25.2 Å². The number of hydrogen-bond acceptors (Lipinski definition) is 3. The highest BCUT2D eigenvalue weighted by Gasteiger charge is 2.31. The van der Waals surface area contributed by atoms with E-state index in [0.717, 1.165) is 35.6 Å². The lowest BCUT2D eigenvalue weighted by atomic mass is 9.99. The van der Waals surface area contributed by atoms with E-state index in [-0.39, 0.29) is 11.8 Å². The smallest absolute Gasteiger partial charge is 0.223 e. The number of para-hydroxylation sites is 2. The second-order valence-corrected chi connectivity index (χ2v) is 8.01. The Kier molecular flexibility index (Phi) is 5.56. The molecule has 1 amide bonds. The molecule has 5 nitrogen and oxygen atoms in total. The van der Waals surface area contributed by atoms with Crippen molar-refractivity contribution in [2.45, 2.75) is 45.1 Å². The zero-order valence-electron chi connectivity index (χ0n) is 17.5. The summed E-state index contributed by atoms with van der Waals surface area (Å²) in [6, 6.07) is 16.6. The molecule has 1 aliphatic heterocycles. The number of fused-ring (bicyclic) bond motifs is 1. The number of rotatable bonds is 7. The van der Waals surface area contributed by atoms with Crippen molar-refractivity contribution in [2.24, 2.45) is 0 Å². The van der Waals surface area contributed by atoms with Crippen molar-refractivity contribution in [1.29, 1.82) is 0 Å². The van der Waals surface area contributed by atoms with Crippen LogP contribution < -0.4 is 4.74 Å². The molecule has 1 fully saturated rings. The van der Waals surface area contributed by atoms with E-state index >= 15 is 0 Å². The standard InChI is InChI=1S/C24H29N3O2/c1-4-17(2)18-9-11-20(12-10-18)29-14-13-27-22-8-6-5-7-21(22)25-24(27)19-15-23(28)26(3)16-19/h5-12,17,19H,4,13-16H2,1-3H3. The summed E-state index contributed by atoms with van der Waals surface area (Å²) >= 11 is 0. The Morgan fingerprint density at radius 3 is 2.62 bits per heavy atom. The molecule has 29 heavy (non-hydrogen) atoms. The van der Waals surface area contributed by atoms with Gasteiger partial charge in [-0.2, -0.15) is 0 Å². The molecule has 0 saturated carbocycles. The SMILES string of the molecule is CCC(C)c1ccc(OCCn2c(C3CC(=O)N(C)C3)nc3ccccc32)cc1. The molecule has 0 bridgehead atoms. The molecule has 2 heterocycles. The molecule has 1 aliphatic rings. The van der Waals surface area contributed by atoms with Gasteiger partial charge >= 0.3 is 0 Å². The van der Waals surface area contributed by atoms with Crippen LogP contribution in [-0.2, 0) is 11.3 Å². The molecular weight excluding hydrogens is 362 g/mol. The van der Waals surface area contributed by atoms with E-state index in [4.69, 9.17) is 9.72 Å². The van der Waals surface area contributed by atoms with Crippen LogP contribution in [0.1, 0.15) is 49.9 Å². The van der Waals surface area contributed by atoms with E-state index in [2.05, 4.69) is 48.7 Å². The molecule has 2 aromatic carbocycles. The highest BCUT2D eigenvalue weighted by Crippen LogP contribution is 2.29. The zero-order chi connectivity index (χ0) is 20.4. The molecule has 1 saturated heterocycles. The predicted molar refractivity (Wildman–Crippen MR) is 115 cm³/mol. The molecule has 0 aliphatic carbocycles. The number of hydrogen-bond donors (Lipinski definition) is 0. The average molecular weight is 392 g/mol. The lowest BCUT2D eigenvalue weighted by molar-refractivity contribution is -0.126. The fraction of sp³-hybridized carbons (Fsp3) is 0.417. The third-order valence-corrected chi connectivity index (χ3v) is 6.04. The maximum Gasteiger partial charge on any atom is 0.223 e. The molecule has 2 atom stereocenters. The Morgan fingerprint density at radius 2 is 1.93 bits per heavy atom. The normalized spacial score (nSPS) is 17.8. The maximum absolute atomic E-state index is 12.0. The number of benzene rings is 2. The Balaban J connectivity index is 1.50. The van der Waals surface area contributed by atoms with Crippen LogP contribution in [0.4, 0.5) is 0 Å². The second-order valence-electron chi connectivity index (χ2n) is 8.01. The largest absolute Gasteiger partial charge is 0.492 e. The third kappa shape index (κ3) is 4.00. The van der Waals surface area contributed by atoms with Gasteiger partial charge in [-0.1, -0.05) is 38.1 Å². The summed E-state index contributed by atoms with van der Waals surface area (Å²) in [7, 11) is 1.86. The third-order valence-electron chi connectivity index (χ3n) is 6.04. The fourth-order valence-corrected chi connectivity index (χ4v) is 4.06. The summed E-state index contributed by atoms with van der Waals surface area (Å²) in [6.45, 7) is 6.44. The molecule has 152 valence electrons. The number of aromatic nitrogens is 2. The van der Waals surface area contributed by atoms with Crippen molar-refractivity contribution < 1.29 is 9.53 Å². The van der Waals surface area contributed by atoms with Crippen LogP contribution in [0.3, 0.4) is 0 Å². The molecule has 2 unspecified atom stereocenters. The Labute approximate surface area is 172 Å². The fourth-order valence-electron chi connectivity index (χ4n) is 4.06. The molecule has 1 aromatic heterocycles. The number of nitrogens with zero attached hydrogens (tertiary/aromatic N) is 3. The van der Waals surface area contributed by atoms with Gasteiger partial charge in [-0.15, -0.1) is 0 Å². The van der Waals surface area contributed by atoms with Gasteiger partial charge in [0.2, 0.25) is 5.91 Å². The highest BCUT2D eigenvalue weighted by atomic mass is 16.5. The number of likely N-dealkylation sites (tertiary alicyclic amines) is 1. The minimum Gasteiger partial charge on any atom is -0.492 e. The Bertz CT molecular complexity index is 993. The Hall–Kier alpha value is -2.82. The second kappa shape index (κ2) is 8.27. The lowest BCUT2D eigenvalue weighted by Gasteiger charge is -2.15. The van der Waals surface area contributed by atoms with Gasteiger partial charge in [-0.25, -0.2) is 4.98 Å². The number of ether oxygens (including phenoxy) is 1. The van der Waals surface area contributed by atoms with E-state index in [1.165, 1.54) is 5.56 Å². The van der Waals surface area contributed by atoms with Crippen LogP contribution in [0.5, 0.6) is 5.75 Å². The number of carbonyl (C=O) groups is 1. The minimum atomic E-state index is 0.134. The molecular formula is C24H29N3O2. The van der Waals surface area contributed by atoms with Crippen molar-refractivity contribution in [3.05, 3.63) is 59.9 Å². The van der Waals surface area contributed by atoms with Gasteiger partial charge in [-0.3, -0.25) is 4.79 Å². The zero-order valence-corrected chi connectivity index (χ0v) is 17.5. The molecule has 3 aromatic rings. The molecule has 0 N–H and O–H groups in total. The molecule has 0 spiro atoms. The van der Waals surface area contributed by atoms with Crippen molar-refractivity contribution in [2.75, 3.05) is 20.2 Å². The minimum absolute atomic E-state index is 0.134. The number of amides is 1. The highest BCUT2D eigenvalue weighted by molar-refractivity contribution is 5.80. The summed E-state index contributed by atoms with van der Waals surface area (Å²) < 4.78 is 8.25. The Morgan fingerprint density at radius 1 is 1.17 bits per heavy atom. The first kappa shape index (κ1) is 19.5. The summed E-state index contributed by atoms with van der Waals surface area (Å²) in [4.78, 5) is 18.7. The summed E-state index contributed by atoms with van der Waals surface area (Å²) in [5.74, 6) is 2.76. The van der Waals surface area contributed by atoms with E-state index < -0.39 is 0 Å². The molecule has 5 heteroatoms. The number of carbonyl (C=O) groups excluding carboxylic acids is 1. The first-order chi connectivity index (χ1) is 14.1. The van der Waals surface area contributed by atoms with Crippen LogP contribution in [0.2, 0.25) is 0 Å². The van der Waals surface area contributed by atoms with E-state index in [9.17, 15) is 4.79 Å². The monoisotopic (exact) mass is 391 g/mol. The van der Waals surface area contributed by atoms with Gasteiger partial charge in [0.25, 0.3) is 0 Å². The van der Waals surface area contributed by atoms with Crippen LogP contribution in [0, 0.1) is 0 Å². The van der Waals surface area contributed by atoms with Gasteiger partial charge in [0.05, 0.1) is 17.6 Å². The van der Waals surface area contributed by atoms with Gasteiger partial charge in [0.15, 0.2) is 0 Å². The molecule has 0 radical (unpaired) electrons. The lowest BCUT2D eigenvalue weighted by Crippen LogP contribution is -2.19. The van der Waals surface area contributed by atoms with Crippen LogP contribution >= 0.6 is 0 Å². The quantitative estimate of drug-likeness (QED) is 0.592. The van der Waals surface area contributed by atoms with Crippen LogP contribution in [0.25, 0.3) is 11.0 Å². The van der Waals surface area contributed by atoms with Gasteiger partial charge in [0, 0.05) is 25.9 Å². The maximum atomic E-state index is 12.0. The number of imidazole rings is 1. The van der Waals surface area contributed by atoms with Crippen molar-refractivity contribution in [3.8, 4) is 5.75 Å². The average Bonchev–Trinajstić information content (AvgIpc) is 3.28. The van der Waals surface area contributed by atoms with Gasteiger partial charge in [0.1, 0.15) is 18.2 Å². The van der Waals surface area contributed by atoms with Crippen LogP contribution in [-0.4, -0.2) is 40.6 Å². The predicted octanol–water partition coefficient (Wildman–Crippen LogP) is 4.57. The molecule has 4 rings (SSSR count). The number of likely N-dealkylation sites (N-methyl/N-ethyl adjacent to an activating group) is 1. The van der Waals surface area contributed by atoms with E-state index in [1.54, 1.807) is 4.90 Å². The van der Waals surface area contributed by atoms with E-state index in [0.29, 0.717) is 25.5 Å². The topological polar surface area (TPSA) is 47.4 Å². The van der Waals surface area contributed by atoms with Crippen LogP contribution in [0.15, 0.2) is 48.5 Å². The first-order valence-electron chi connectivity index (χ1n) is 10.5. The summed E-state index contributed by atoms with van der Waals surface area (Å²) in [5.41, 5.74) is 3.42. The van der Waals surface area contributed by atoms with Crippen molar-refractivity contribution >= 4 is 16.9 Å². The first-order valence-corrected chi connectivity index (χ1v) is 10.5. The summed E-state index contributed by atoms with van der Waals surface area (Å²) in [6.07, 6.45) is 1.66.